The summed E-state index contributed by atoms with van der Waals surface area (Å²) in [5, 5.41) is 21.3. The summed E-state index contributed by atoms with van der Waals surface area (Å²) in [5.41, 5.74) is 2.83. The summed E-state index contributed by atoms with van der Waals surface area (Å²) in [4.78, 5) is 20.1. The molecule has 1 aliphatic rings. The Kier molecular flexibility index (Phi) is 4.21. The van der Waals surface area contributed by atoms with E-state index in [-0.39, 0.29) is 18.4 Å². The molecule has 1 saturated carbocycles. The molecule has 0 spiro atoms. The van der Waals surface area contributed by atoms with E-state index in [1.807, 2.05) is 11.4 Å². The molecular weight excluding hydrogens is 338 g/mol. The second-order valence-electron chi connectivity index (χ2n) is 6.92. The van der Waals surface area contributed by atoms with E-state index in [2.05, 4.69) is 14.5 Å². The highest BCUT2D eigenvalue weighted by Crippen LogP contribution is 2.39. The summed E-state index contributed by atoms with van der Waals surface area (Å²) in [5.74, 6) is 0.217. The van der Waals surface area contributed by atoms with Gasteiger partial charge in [-0.3, -0.25) is 9.78 Å². The first-order valence-corrected chi connectivity index (χ1v) is 9.56. The fourth-order valence-electron chi connectivity index (χ4n) is 4.01. The molecule has 3 heterocycles. The molecule has 0 aromatic carbocycles. The van der Waals surface area contributed by atoms with Crippen molar-refractivity contribution in [2.24, 2.45) is 5.92 Å². The number of aliphatic carboxylic acids is 1. The van der Waals surface area contributed by atoms with Gasteiger partial charge in [-0.15, -0.1) is 11.3 Å². The van der Waals surface area contributed by atoms with Gasteiger partial charge in [0.05, 0.1) is 21.9 Å². The first kappa shape index (κ1) is 16.5. The third-order valence-electron chi connectivity index (χ3n) is 5.17. The monoisotopic (exact) mass is 359 g/mol. The number of nitrogens with zero attached hydrogens (tertiary/aromatic N) is 3. The van der Waals surface area contributed by atoms with Crippen LogP contribution >= 0.6 is 11.3 Å². The zero-order valence-electron chi connectivity index (χ0n) is 14.1. The average Bonchev–Trinajstić information content (AvgIpc) is 3.18. The minimum absolute atomic E-state index is 0.243. The highest BCUT2D eigenvalue weighted by atomic mass is 32.1. The summed E-state index contributed by atoms with van der Waals surface area (Å²) in [6.45, 7) is 1.74. The van der Waals surface area contributed by atoms with Gasteiger partial charge in [-0.2, -0.15) is 0 Å². The molecule has 7 heteroatoms. The Hall–Kier alpha value is -1.99. The second-order valence-corrected chi connectivity index (χ2v) is 7.83. The number of aliphatic hydroxyl groups is 1. The van der Waals surface area contributed by atoms with E-state index in [1.54, 1.807) is 24.5 Å². The smallest absolute Gasteiger partial charge is 0.303 e. The molecule has 1 unspecified atom stereocenters. The molecular formula is C18H21N3O3S. The van der Waals surface area contributed by atoms with Crippen molar-refractivity contribution in [3.63, 3.8) is 0 Å². The van der Waals surface area contributed by atoms with E-state index in [4.69, 9.17) is 5.11 Å². The Labute approximate surface area is 149 Å². The third-order valence-corrected chi connectivity index (χ3v) is 6.08. The normalized spacial score (nSPS) is 22.5. The van der Waals surface area contributed by atoms with E-state index in [1.165, 1.54) is 0 Å². The minimum Gasteiger partial charge on any atom is -0.481 e. The van der Waals surface area contributed by atoms with Gasteiger partial charge >= 0.3 is 5.97 Å². The maximum atomic E-state index is 11.0. The molecule has 1 atom stereocenters. The SMILES string of the molecule is CC(O)c1nc2cnc3ccsc3c2n1C1CCC(CC(=O)O)CC1. The highest BCUT2D eigenvalue weighted by molar-refractivity contribution is 7.18. The molecule has 2 N–H and O–H groups in total. The van der Waals surface area contributed by atoms with Crippen LogP contribution in [-0.4, -0.2) is 30.7 Å². The van der Waals surface area contributed by atoms with E-state index in [0.29, 0.717) is 5.82 Å². The molecule has 3 aromatic heterocycles. The molecule has 3 aromatic rings. The molecule has 0 bridgehead atoms. The van der Waals surface area contributed by atoms with Gasteiger partial charge in [-0.1, -0.05) is 0 Å². The van der Waals surface area contributed by atoms with Gasteiger partial charge in [0.15, 0.2) is 0 Å². The van der Waals surface area contributed by atoms with Gasteiger partial charge in [-0.25, -0.2) is 4.98 Å². The number of carbonyl (C=O) groups is 1. The van der Waals surface area contributed by atoms with Crippen molar-refractivity contribution in [2.75, 3.05) is 0 Å². The lowest BCUT2D eigenvalue weighted by molar-refractivity contribution is -0.138. The highest BCUT2D eigenvalue weighted by Gasteiger charge is 2.28. The van der Waals surface area contributed by atoms with Crippen LogP contribution in [0.4, 0.5) is 0 Å². The summed E-state index contributed by atoms with van der Waals surface area (Å²) in [7, 11) is 0. The molecule has 1 aliphatic carbocycles. The van der Waals surface area contributed by atoms with Crippen LogP contribution in [-0.2, 0) is 4.79 Å². The molecule has 0 saturated heterocycles. The molecule has 6 nitrogen and oxygen atoms in total. The minimum atomic E-state index is -0.715. The van der Waals surface area contributed by atoms with E-state index < -0.39 is 12.1 Å². The Morgan fingerprint density at radius 3 is 2.80 bits per heavy atom. The van der Waals surface area contributed by atoms with Gasteiger partial charge in [0.1, 0.15) is 17.4 Å². The Morgan fingerprint density at radius 1 is 1.36 bits per heavy atom. The van der Waals surface area contributed by atoms with Crippen molar-refractivity contribution in [3.8, 4) is 0 Å². The van der Waals surface area contributed by atoms with Gasteiger partial charge in [0, 0.05) is 12.5 Å². The van der Waals surface area contributed by atoms with Crippen LogP contribution in [0.2, 0.25) is 0 Å². The van der Waals surface area contributed by atoms with Crippen LogP contribution in [0.3, 0.4) is 0 Å². The summed E-state index contributed by atoms with van der Waals surface area (Å²) in [6.07, 6.45) is 5.00. The molecule has 0 aliphatic heterocycles. The van der Waals surface area contributed by atoms with Crippen LogP contribution in [0, 0.1) is 5.92 Å². The average molecular weight is 359 g/mol. The van der Waals surface area contributed by atoms with Crippen LogP contribution in [0.1, 0.15) is 57.0 Å². The van der Waals surface area contributed by atoms with E-state index in [0.717, 1.165) is 46.9 Å². The van der Waals surface area contributed by atoms with Crippen molar-refractivity contribution in [1.82, 2.24) is 14.5 Å². The molecule has 0 radical (unpaired) electrons. The Bertz CT molecular complexity index is 922. The van der Waals surface area contributed by atoms with Crippen molar-refractivity contribution in [2.45, 2.75) is 51.2 Å². The summed E-state index contributed by atoms with van der Waals surface area (Å²) >= 11 is 1.65. The predicted molar refractivity (Wildman–Crippen MR) is 96.8 cm³/mol. The molecule has 4 rings (SSSR count). The number of aromatic nitrogens is 3. The Morgan fingerprint density at radius 2 is 2.12 bits per heavy atom. The van der Waals surface area contributed by atoms with E-state index in [9.17, 15) is 9.90 Å². The van der Waals surface area contributed by atoms with Crippen molar-refractivity contribution < 1.29 is 15.0 Å². The zero-order chi connectivity index (χ0) is 17.6. The van der Waals surface area contributed by atoms with Crippen molar-refractivity contribution >= 4 is 38.6 Å². The maximum Gasteiger partial charge on any atom is 0.303 e. The largest absolute Gasteiger partial charge is 0.481 e. The van der Waals surface area contributed by atoms with Crippen LogP contribution < -0.4 is 0 Å². The number of pyridine rings is 1. The van der Waals surface area contributed by atoms with Gasteiger partial charge in [0.2, 0.25) is 0 Å². The van der Waals surface area contributed by atoms with Gasteiger partial charge < -0.3 is 14.8 Å². The molecule has 1 fully saturated rings. The number of hydrogen-bond donors (Lipinski definition) is 2. The van der Waals surface area contributed by atoms with Crippen molar-refractivity contribution in [3.05, 3.63) is 23.5 Å². The predicted octanol–water partition coefficient (Wildman–Crippen LogP) is 3.91. The van der Waals surface area contributed by atoms with Gasteiger partial charge in [-0.05, 0) is 50.0 Å². The fourth-order valence-corrected chi connectivity index (χ4v) is 4.90. The molecule has 132 valence electrons. The number of carboxylic acid groups (broad SMARTS) is 1. The number of thiophene rings is 1. The maximum absolute atomic E-state index is 11.0. The summed E-state index contributed by atoms with van der Waals surface area (Å²) in [6, 6.07) is 2.25. The number of hydrogen-bond acceptors (Lipinski definition) is 5. The lowest BCUT2D eigenvalue weighted by Gasteiger charge is -2.30. The topological polar surface area (TPSA) is 88.2 Å². The molecule has 0 amide bonds. The number of aliphatic hydroxyl groups excluding tert-OH is 1. The zero-order valence-corrected chi connectivity index (χ0v) is 14.9. The molecule has 25 heavy (non-hydrogen) atoms. The first-order valence-electron chi connectivity index (χ1n) is 8.68. The van der Waals surface area contributed by atoms with Crippen LogP contribution in [0.5, 0.6) is 0 Å². The number of rotatable bonds is 4. The van der Waals surface area contributed by atoms with Crippen molar-refractivity contribution in [1.29, 1.82) is 0 Å². The number of imidazole rings is 1. The third kappa shape index (κ3) is 2.91. The van der Waals surface area contributed by atoms with Crippen LogP contribution in [0.15, 0.2) is 17.6 Å². The first-order chi connectivity index (χ1) is 12.0. The Balaban J connectivity index is 1.76. The van der Waals surface area contributed by atoms with Gasteiger partial charge in [0.25, 0.3) is 0 Å². The second kappa shape index (κ2) is 6.38. The summed E-state index contributed by atoms with van der Waals surface area (Å²) < 4.78 is 3.29. The lowest BCUT2D eigenvalue weighted by atomic mass is 9.84. The number of carboxylic acids is 1. The lowest BCUT2D eigenvalue weighted by Crippen LogP contribution is -2.22. The fraction of sp³-hybridized carbons (Fsp3) is 0.500. The standard InChI is InChI=1S/C18H21N3O3S/c1-10(22)18-20-14-9-19-13-6-7-25-17(13)16(14)21(18)12-4-2-11(3-5-12)8-15(23)24/h6-7,9-12,22H,2-5,8H2,1H3,(H,23,24). The van der Waals surface area contributed by atoms with E-state index >= 15 is 0 Å². The quantitative estimate of drug-likeness (QED) is 0.737. The number of fused-ring (bicyclic) bond motifs is 3. The van der Waals surface area contributed by atoms with Crippen LogP contribution in [0.25, 0.3) is 21.3 Å².